The minimum Gasteiger partial charge on any atom is -0.450 e. The van der Waals surface area contributed by atoms with E-state index in [-0.39, 0.29) is 19.0 Å². The number of ether oxygens (including phenoxy) is 2. The van der Waals surface area contributed by atoms with E-state index in [1.807, 2.05) is 4.93 Å². The Bertz CT molecular complexity index is 357. The second-order valence-electron chi connectivity index (χ2n) is 4.34. The van der Waals surface area contributed by atoms with Crippen molar-refractivity contribution in [3.05, 3.63) is 0 Å². The summed E-state index contributed by atoms with van der Waals surface area (Å²) in [7, 11) is 0. The van der Waals surface area contributed by atoms with Crippen LogP contribution in [0.5, 0.6) is 0 Å². The molecule has 142 valence electrons. The lowest BCUT2D eigenvalue weighted by Crippen LogP contribution is -2.43. The van der Waals surface area contributed by atoms with Crippen LogP contribution in [-0.4, -0.2) is 55.3 Å². The number of rotatable bonds is 11. The van der Waals surface area contributed by atoms with Crippen LogP contribution in [0.15, 0.2) is 0 Å². The lowest BCUT2D eigenvalue weighted by atomic mass is 10.1. The number of alkyl carbamates (subject to hydrolysis) is 2. The van der Waals surface area contributed by atoms with Gasteiger partial charge >= 0.3 is 12.2 Å². The molecule has 2 amide bonds. The summed E-state index contributed by atoms with van der Waals surface area (Å²) >= 11 is 2.15. The molecule has 4 N–H and O–H groups in total. The molecule has 0 aliphatic carbocycles. The number of unbranched alkanes of at least 4 members (excludes halogenated alkanes) is 1. The van der Waals surface area contributed by atoms with E-state index >= 15 is 0 Å². The fraction of sp³-hybridized carbons (Fsp3) is 0.786. The molecule has 0 heterocycles. The zero-order valence-corrected chi connectivity index (χ0v) is 16.6. The van der Waals surface area contributed by atoms with E-state index < -0.39 is 18.2 Å². The second-order valence-corrected chi connectivity index (χ2v) is 4.34. The van der Waals surface area contributed by atoms with Crippen LogP contribution in [0.1, 0.15) is 33.1 Å². The number of carbonyl (C=O) groups excluding carboxylic acids is 3. The Morgan fingerprint density at radius 3 is 2.17 bits per heavy atom. The number of alkyl halides is 1. The van der Waals surface area contributed by atoms with E-state index in [9.17, 15) is 14.4 Å². The zero-order chi connectivity index (χ0) is 18.8. The Labute approximate surface area is 156 Å². The molecule has 0 aromatic heterocycles. The average Bonchev–Trinajstić information content (AvgIpc) is 2.56. The quantitative estimate of drug-likeness (QED) is 0.184. The fourth-order valence-electron chi connectivity index (χ4n) is 1.66. The first-order valence-electron chi connectivity index (χ1n) is 7.61. The number of hydrogen-bond donors (Lipinski definition) is 3. The van der Waals surface area contributed by atoms with E-state index in [2.05, 4.69) is 38.1 Å². The molecular formula is C14H28IN3O6. The maximum Gasteiger partial charge on any atom is 0.407 e. The Morgan fingerprint density at radius 2 is 1.62 bits per heavy atom. The first kappa shape index (κ1) is 25.1. The van der Waals surface area contributed by atoms with Crippen molar-refractivity contribution in [2.45, 2.75) is 39.2 Å². The Morgan fingerprint density at radius 1 is 1.04 bits per heavy atom. The summed E-state index contributed by atoms with van der Waals surface area (Å²) in [6.07, 6.45) is 0.501. The van der Waals surface area contributed by atoms with Crippen LogP contribution in [0.25, 0.3) is 0 Å². The minimum atomic E-state index is -0.731. The first-order valence-corrected chi connectivity index (χ1v) is 9.76. The third-order valence-electron chi connectivity index (χ3n) is 2.65. The van der Waals surface area contributed by atoms with Crippen LogP contribution in [-0.2, 0) is 19.1 Å². The number of hydrogen-bond acceptors (Lipinski definition) is 7. The van der Waals surface area contributed by atoms with Gasteiger partial charge in [-0.25, -0.2) is 15.5 Å². The van der Waals surface area contributed by atoms with Gasteiger partial charge in [-0.2, -0.15) is 0 Å². The van der Waals surface area contributed by atoms with Crippen LogP contribution in [0.3, 0.4) is 0 Å². The van der Waals surface area contributed by atoms with Crippen LogP contribution in [0.4, 0.5) is 9.59 Å². The largest absolute Gasteiger partial charge is 0.450 e. The maximum absolute atomic E-state index is 11.8. The Balaban J connectivity index is 0. The number of nitrogens with two attached hydrogens (primary N) is 1. The molecular weight excluding hydrogens is 433 g/mol. The van der Waals surface area contributed by atoms with Crippen molar-refractivity contribution < 1.29 is 28.7 Å². The maximum atomic E-state index is 11.8. The van der Waals surface area contributed by atoms with Crippen molar-refractivity contribution in [2.75, 3.05) is 31.3 Å². The topological polar surface area (TPSA) is 129 Å². The number of carbonyl (C=O) groups is 3. The lowest BCUT2D eigenvalue weighted by molar-refractivity contribution is -0.125. The number of ketones is 1. The van der Waals surface area contributed by atoms with Crippen molar-refractivity contribution in [2.24, 2.45) is 5.90 Å². The number of amides is 2. The molecule has 1 unspecified atom stereocenters. The molecule has 0 fully saturated rings. The van der Waals surface area contributed by atoms with E-state index in [4.69, 9.17) is 15.4 Å². The predicted octanol–water partition coefficient (Wildman–Crippen LogP) is 1.53. The van der Waals surface area contributed by atoms with Gasteiger partial charge in [0, 0.05) is 6.54 Å². The van der Waals surface area contributed by atoms with Gasteiger partial charge in [-0.15, -0.1) is 0 Å². The highest BCUT2D eigenvalue weighted by Gasteiger charge is 2.20. The molecule has 0 spiro atoms. The highest BCUT2D eigenvalue weighted by Crippen LogP contribution is 2.03. The first-order chi connectivity index (χ1) is 11.5. The van der Waals surface area contributed by atoms with E-state index in [0.29, 0.717) is 32.4 Å². The van der Waals surface area contributed by atoms with Crippen molar-refractivity contribution in [3.8, 4) is 0 Å². The van der Waals surface area contributed by atoms with Crippen molar-refractivity contribution in [1.82, 2.24) is 10.6 Å². The van der Waals surface area contributed by atoms with E-state index in [0.717, 1.165) is 0 Å². The molecule has 0 saturated heterocycles. The summed E-state index contributed by atoms with van der Waals surface area (Å²) in [5.74, 6) is 4.53. The highest BCUT2D eigenvalue weighted by molar-refractivity contribution is 14.1. The zero-order valence-electron chi connectivity index (χ0n) is 14.4. The summed E-state index contributed by atoms with van der Waals surface area (Å²) in [6.45, 7) is 4.04. The standard InChI is InChI=1S/C13H25N3O6.CH3I/c1-3-20-12(18)15-8-6-5-7-10(11(17)9-22-14)16-13(19)21-4-2;1-2/h10H,3-9,14H2,1-2H3,(H,15,18)(H,16,19);1H3. The van der Waals surface area contributed by atoms with Gasteiger partial charge in [0.15, 0.2) is 5.78 Å². The van der Waals surface area contributed by atoms with Gasteiger partial charge in [0.25, 0.3) is 0 Å². The Hall–Kier alpha value is -1.14. The van der Waals surface area contributed by atoms with Crippen LogP contribution >= 0.6 is 22.6 Å². The summed E-state index contributed by atoms with van der Waals surface area (Å²) in [5, 5.41) is 5.03. The van der Waals surface area contributed by atoms with Crippen molar-refractivity contribution in [3.63, 3.8) is 0 Å². The third-order valence-corrected chi connectivity index (χ3v) is 2.65. The van der Waals surface area contributed by atoms with Gasteiger partial charge in [-0.05, 0) is 38.0 Å². The molecule has 1 atom stereocenters. The van der Waals surface area contributed by atoms with Gasteiger partial charge in [-0.1, -0.05) is 22.6 Å². The monoisotopic (exact) mass is 461 g/mol. The molecule has 0 aliphatic rings. The summed E-state index contributed by atoms with van der Waals surface area (Å²) in [4.78, 5) is 40.5. The molecule has 9 nitrogen and oxygen atoms in total. The van der Waals surface area contributed by atoms with Crippen LogP contribution < -0.4 is 16.5 Å². The highest BCUT2D eigenvalue weighted by atomic mass is 127. The molecule has 24 heavy (non-hydrogen) atoms. The predicted molar refractivity (Wildman–Crippen MR) is 97.9 cm³/mol. The fourth-order valence-corrected chi connectivity index (χ4v) is 1.66. The lowest BCUT2D eigenvalue weighted by Gasteiger charge is -2.16. The second kappa shape index (κ2) is 18.2. The minimum absolute atomic E-state index is 0.212. The molecule has 0 bridgehead atoms. The van der Waals surface area contributed by atoms with Gasteiger partial charge in [0.05, 0.1) is 19.3 Å². The third kappa shape index (κ3) is 14.5. The van der Waals surface area contributed by atoms with Crippen LogP contribution in [0.2, 0.25) is 0 Å². The van der Waals surface area contributed by atoms with Gasteiger partial charge in [0.1, 0.15) is 6.61 Å². The molecule has 0 rings (SSSR count). The molecule has 0 aromatic rings. The average molecular weight is 461 g/mol. The number of Topliss-reactive ketones (excluding diaryl/α,β-unsaturated/α-hetero) is 1. The summed E-state index contributed by atoms with van der Waals surface area (Å²) in [5.41, 5.74) is 0. The molecule has 0 radical (unpaired) electrons. The van der Waals surface area contributed by atoms with Gasteiger partial charge in [0.2, 0.25) is 0 Å². The molecule has 0 aliphatic heterocycles. The molecule has 10 heteroatoms. The SMILES string of the molecule is CCOC(=O)NCCCCC(NC(=O)OCC)C(=O)CON.CI. The van der Waals surface area contributed by atoms with E-state index in [1.54, 1.807) is 13.8 Å². The molecule has 0 saturated carbocycles. The van der Waals surface area contributed by atoms with Gasteiger partial charge < -0.3 is 20.1 Å². The summed E-state index contributed by atoms with van der Waals surface area (Å²) in [6, 6.07) is -0.731. The normalized spacial score (nSPS) is 10.7. The number of halogens is 1. The van der Waals surface area contributed by atoms with Crippen molar-refractivity contribution in [1.29, 1.82) is 0 Å². The van der Waals surface area contributed by atoms with Gasteiger partial charge in [-0.3, -0.25) is 9.63 Å². The van der Waals surface area contributed by atoms with E-state index in [1.165, 1.54) is 0 Å². The summed E-state index contributed by atoms with van der Waals surface area (Å²) < 4.78 is 9.45. The number of nitrogens with one attached hydrogen (secondary N) is 2. The van der Waals surface area contributed by atoms with Crippen LogP contribution in [0, 0.1) is 0 Å². The Kier molecular flexibility index (Phi) is 19.0. The van der Waals surface area contributed by atoms with Crippen molar-refractivity contribution >= 4 is 40.6 Å². The molecule has 0 aromatic carbocycles. The smallest absolute Gasteiger partial charge is 0.407 e.